The molecule has 0 aliphatic heterocycles. The maximum Gasteiger partial charge on any atom is 0.0714 e. The molecule has 0 N–H and O–H groups in total. The van der Waals surface area contributed by atoms with E-state index in [0.29, 0.717) is 11.8 Å². The first kappa shape index (κ1) is 50.9. The van der Waals surface area contributed by atoms with Gasteiger partial charge in [-0.05, 0) is 194 Å². The predicted octanol–water partition coefficient (Wildman–Crippen LogP) is 22.6. The standard InChI is InChI=1S/C83H66N2/c1-5-19-57(20-6-1)65-41-50-80(75(53-65)64-25-7-2-8-26-64)84(72-48-49-74-73-31-17-18-32-78(73)83(79(74)56-72,68-27-9-3-10-28-68)69-29-11-4-12-30-69)70-44-37-62(38-45-70)60-33-35-61(36-34-60)63-39-46-71(47-40-63)85-81-51-42-66(58-21-13-14-22-58)54-76(81)77-55-67(43-52-82(77)85)59-23-15-16-24-59/h1-12,17-20,25-56,58-59H,13-16,21-24H2. The Morgan fingerprint density at radius 1 is 0.306 bits per heavy atom. The van der Waals surface area contributed by atoms with Gasteiger partial charge < -0.3 is 9.47 Å². The van der Waals surface area contributed by atoms with E-state index in [1.807, 2.05) is 0 Å². The highest BCUT2D eigenvalue weighted by molar-refractivity contribution is 6.10. The second kappa shape index (κ2) is 21.5. The summed E-state index contributed by atoms with van der Waals surface area (Å²) >= 11 is 0. The van der Waals surface area contributed by atoms with Crippen molar-refractivity contribution in [3.63, 3.8) is 0 Å². The maximum atomic E-state index is 2.55. The first-order chi connectivity index (χ1) is 42.1. The summed E-state index contributed by atoms with van der Waals surface area (Å²) in [4.78, 5) is 2.48. The van der Waals surface area contributed by atoms with Crippen molar-refractivity contribution in [2.75, 3.05) is 4.90 Å². The van der Waals surface area contributed by atoms with E-state index in [2.05, 4.69) is 301 Å². The van der Waals surface area contributed by atoms with Crippen LogP contribution in [0.4, 0.5) is 17.1 Å². The number of hydrogen-bond acceptors (Lipinski definition) is 1. The molecule has 16 rings (SSSR count). The van der Waals surface area contributed by atoms with Crippen LogP contribution in [0.5, 0.6) is 0 Å². The average molecular weight is 1090 g/mol. The minimum atomic E-state index is -0.544. The molecule has 1 aromatic heterocycles. The normalized spacial score (nSPS) is 14.7. The zero-order chi connectivity index (χ0) is 56.3. The van der Waals surface area contributed by atoms with E-state index in [4.69, 9.17) is 0 Å². The van der Waals surface area contributed by atoms with E-state index in [1.165, 1.54) is 157 Å². The lowest BCUT2D eigenvalue weighted by Gasteiger charge is -2.35. The second-order valence-electron chi connectivity index (χ2n) is 24.1. The third-order valence-electron chi connectivity index (χ3n) is 19.4. The Bertz CT molecular complexity index is 4440. The molecule has 0 amide bonds. The van der Waals surface area contributed by atoms with Gasteiger partial charge in [-0.3, -0.25) is 0 Å². The van der Waals surface area contributed by atoms with Crippen molar-refractivity contribution >= 4 is 38.9 Å². The molecule has 2 saturated carbocycles. The number of nitrogens with zero attached hydrogens (tertiary/aromatic N) is 2. The minimum absolute atomic E-state index is 0.544. The van der Waals surface area contributed by atoms with Crippen molar-refractivity contribution in [2.24, 2.45) is 0 Å². The van der Waals surface area contributed by atoms with Gasteiger partial charge in [0.2, 0.25) is 0 Å². The first-order valence-corrected chi connectivity index (χ1v) is 30.9. The summed E-state index contributed by atoms with van der Waals surface area (Å²) in [6.45, 7) is 0. The Hall–Kier alpha value is -9.76. The summed E-state index contributed by atoms with van der Waals surface area (Å²) in [5, 5.41) is 2.80. The molecule has 85 heavy (non-hydrogen) atoms. The second-order valence-corrected chi connectivity index (χ2v) is 24.1. The lowest BCUT2D eigenvalue weighted by atomic mass is 9.67. The zero-order valence-corrected chi connectivity index (χ0v) is 47.9. The lowest BCUT2D eigenvalue weighted by molar-refractivity contribution is 0.724. The summed E-state index contributed by atoms with van der Waals surface area (Å²) in [6.07, 6.45) is 10.6. The number of aromatic nitrogens is 1. The summed E-state index contributed by atoms with van der Waals surface area (Å²) in [7, 11) is 0. The highest BCUT2D eigenvalue weighted by atomic mass is 15.1. The molecule has 12 aromatic carbocycles. The third kappa shape index (κ3) is 8.85. The van der Waals surface area contributed by atoms with Crippen LogP contribution in [-0.2, 0) is 5.41 Å². The molecule has 2 fully saturated rings. The molecule has 2 nitrogen and oxygen atoms in total. The SMILES string of the molecule is c1ccc(-c2ccc(N(c3ccc(-c4ccc(-c5ccc(-n6c7ccc(C8CCCC8)cc7c7cc(C8CCCC8)ccc76)cc5)cc4)cc3)c3ccc4c(c3)C(c3ccccc3)(c3ccccc3)c3ccccc3-4)c(-c3ccccc3)c2)cc1. The van der Waals surface area contributed by atoms with Crippen molar-refractivity contribution in [3.8, 4) is 61.3 Å². The van der Waals surface area contributed by atoms with Crippen LogP contribution in [0.15, 0.2) is 291 Å². The maximum absolute atomic E-state index is 2.55. The molecular formula is C83H66N2. The van der Waals surface area contributed by atoms with E-state index >= 15 is 0 Å². The molecule has 13 aromatic rings. The zero-order valence-electron chi connectivity index (χ0n) is 47.9. The number of rotatable bonds is 12. The Balaban J connectivity index is 0.770. The first-order valence-electron chi connectivity index (χ1n) is 30.9. The Morgan fingerprint density at radius 2 is 0.741 bits per heavy atom. The van der Waals surface area contributed by atoms with Gasteiger partial charge in [-0.1, -0.05) is 244 Å². The monoisotopic (exact) mass is 1090 g/mol. The third-order valence-corrected chi connectivity index (χ3v) is 19.4. The van der Waals surface area contributed by atoms with E-state index in [9.17, 15) is 0 Å². The molecule has 1 heterocycles. The van der Waals surface area contributed by atoms with Gasteiger partial charge in [-0.25, -0.2) is 0 Å². The van der Waals surface area contributed by atoms with Crippen LogP contribution in [0, 0.1) is 0 Å². The molecule has 3 aliphatic rings. The van der Waals surface area contributed by atoms with Crippen molar-refractivity contribution in [1.29, 1.82) is 0 Å². The van der Waals surface area contributed by atoms with Crippen LogP contribution >= 0.6 is 0 Å². The number of fused-ring (bicyclic) bond motifs is 6. The summed E-state index contributed by atoms with van der Waals surface area (Å²) in [5.74, 6) is 1.37. The minimum Gasteiger partial charge on any atom is -0.310 e. The predicted molar refractivity (Wildman–Crippen MR) is 357 cm³/mol. The summed E-state index contributed by atoms with van der Waals surface area (Å²) in [6, 6.07) is 109. The quantitative estimate of drug-likeness (QED) is 0.118. The van der Waals surface area contributed by atoms with Crippen molar-refractivity contribution < 1.29 is 0 Å². The molecule has 0 unspecified atom stereocenters. The fraction of sp³-hybridized carbons (Fsp3) is 0.133. The van der Waals surface area contributed by atoms with Crippen LogP contribution < -0.4 is 4.90 Å². The fourth-order valence-electron chi connectivity index (χ4n) is 15.2. The average Bonchev–Trinajstić information content (AvgIpc) is 1.91. The summed E-state index contributed by atoms with van der Waals surface area (Å²) < 4.78 is 2.51. The molecule has 408 valence electrons. The Kier molecular flexibility index (Phi) is 12.9. The smallest absolute Gasteiger partial charge is 0.0714 e. The number of benzene rings is 12. The fourth-order valence-corrected chi connectivity index (χ4v) is 15.2. The van der Waals surface area contributed by atoms with Crippen molar-refractivity contribution in [2.45, 2.75) is 68.6 Å². The largest absolute Gasteiger partial charge is 0.310 e. The Morgan fingerprint density at radius 3 is 1.29 bits per heavy atom. The molecule has 0 bridgehead atoms. The van der Waals surface area contributed by atoms with Crippen LogP contribution in [-0.4, -0.2) is 4.57 Å². The highest BCUT2D eigenvalue weighted by Gasteiger charge is 2.46. The molecule has 0 atom stereocenters. The molecule has 2 heteroatoms. The van der Waals surface area contributed by atoms with Gasteiger partial charge in [-0.2, -0.15) is 0 Å². The van der Waals surface area contributed by atoms with Crippen LogP contribution in [0.25, 0.3) is 83.1 Å². The summed E-state index contributed by atoms with van der Waals surface area (Å²) in [5.41, 5.74) is 26.6. The molecule has 0 spiro atoms. The molecule has 0 saturated heterocycles. The van der Waals surface area contributed by atoms with E-state index in [-0.39, 0.29) is 0 Å². The molecule has 0 radical (unpaired) electrons. The lowest BCUT2D eigenvalue weighted by Crippen LogP contribution is -2.28. The van der Waals surface area contributed by atoms with Crippen LogP contribution in [0.2, 0.25) is 0 Å². The molecular weight excluding hydrogens is 1020 g/mol. The van der Waals surface area contributed by atoms with Crippen LogP contribution in [0.1, 0.15) is 96.6 Å². The van der Waals surface area contributed by atoms with Crippen molar-refractivity contribution in [1.82, 2.24) is 4.57 Å². The highest BCUT2D eigenvalue weighted by Crippen LogP contribution is 2.58. The number of hydrogen-bond donors (Lipinski definition) is 0. The molecule has 3 aliphatic carbocycles. The Labute approximate surface area is 500 Å². The van der Waals surface area contributed by atoms with E-state index < -0.39 is 5.41 Å². The van der Waals surface area contributed by atoms with E-state index in [0.717, 1.165) is 28.2 Å². The number of anilines is 3. The van der Waals surface area contributed by atoms with Gasteiger partial charge in [0.15, 0.2) is 0 Å². The van der Waals surface area contributed by atoms with Gasteiger partial charge in [0.25, 0.3) is 0 Å². The van der Waals surface area contributed by atoms with Crippen molar-refractivity contribution in [3.05, 3.63) is 325 Å². The van der Waals surface area contributed by atoms with Gasteiger partial charge in [0.1, 0.15) is 0 Å². The topological polar surface area (TPSA) is 8.17 Å². The van der Waals surface area contributed by atoms with E-state index in [1.54, 1.807) is 0 Å². The van der Waals surface area contributed by atoms with Gasteiger partial charge in [0, 0.05) is 33.4 Å². The van der Waals surface area contributed by atoms with Gasteiger partial charge in [-0.15, -0.1) is 0 Å². The van der Waals surface area contributed by atoms with Gasteiger partial charge >= 0.3 is 0 Å². The van der Waals surface area contributed by atoms with Gasteiger partial charge in [0.05, 0.1) is 22.1 Å². The van der Waals surface area contributed by atoms with Crippen LogP contribution in [0.3, 0.4) is 0 Å².